The molecule has 0 spiro atoms. The van der Waals surface area contributed by atoms with Crippen molar-refractivity contribution in [3.63, 3.8) is 0 Å². The molecule has 2 rings (SSSR count). The van der Waals surface area contributed by atoms with E-state index in [9.17, 15) is 9.59 Å². The quantitative estimate of drug-likeness (QED) is 0.816. The lowest BCUT2D eigenvalue weighted by atomic mass is 10.2. The zero-order valence-electron chi connectivity index (χ0n) is 9.31. The number of nitrogens with zero attached hydrogens (tertiary/aromatic N) is 1. The van der Waals surface area contributed by atoms with E-state index in [2.05, 4.69) is 38.1 Å². The molecule has 92 valence electrons. The summed E-state index contributed by atoms with van der Waals surface area (Å²) in [6.07, 6.45) is 0. The van der Waals surface area contributed by atoms with Crippen molar-refractivity contribution < 1.29 is 4.79 Å². The van der Waals surface area contributed by atoms with Crippen LogP contribution in [0.15, 0.2) is 41.2 Å². The second-order valence-corrected chi connectivity index (χ2v) is 4.86. The highest BCUT2D eigenvalue weighted by atomic mass is 127. The van der Waals surface area contributed by atoms with Crippen molar-refractivity contribution in [2.75, 3.05) is 0 Å². The normalized spacial score (nSPS) is 10.1. The number of hydrogen-bond donors (Lipinski definition) is 2. The minimum Gasteiger partial charge on any atom is -0.347 e. The van der Waals surface area contributed by atoms with Gasteiger partial charge in [-0.15, -0.1) is 0 Å². The van der Waals surface area contributed by atoms with Gasteiger partial charge in [-0.25, -0.2) is 5.10 Å². The average Bonchev–Trinajstić information content (AvgIpc) is 2.38. The fraction of sp³-hybridized carbons (Fsp3) is 0.0833. The minimum absolute atomic E-state index is 0.195. The van der Waals surface area contributed by atoms with Gasteiger partial charge in [-0.05, 0) is 46.4 Å². The van der Waals surface area contributed by atoms with Gasteiger partial charge in [0, 0.05) is 16.2 Å². The van der Waals surface area contributed by atoms with E-state index < -0.39 is 0 Å². The summed E-state index contributed by atoms with van der Waals surface area (Å²) in [6, 6.07) is 10.5. The summed E-state index contributed by atoms with van der Waals surface area (Å²) in [5, 5.41) is 8.60. The maximum atomic E-state index is 11.7. The lowest BCUT2D eigenvalue weighted by molar-refractivity contribution is 0.0945. The average molecular weight is 355 g/mol. The predicted octanol–water partition coefficient (Wildman–Crippen LogP) is 1.30. The Morgan fingerprint density at radius 3 is 2.56 bits per heavy atom. The Labute approximate surface area is 117 Å². The SMILES string of the molecule is O=C(NCc1ccc(I)cc1)c1ccc(=O)[nH]n1. The number of aromatic nitrogens is 2. The van der Waals surface area contributed by atoms with Gasteiger partial charge in [0.1, 0.15) is 5.69 Å². The first-order valence-electron chi connectivity index (χ1n) is 5.23. The van der Waals surface area contributed by atoms with Crippen LogP contribution in [0.25, 0.3) is 0 Å². The first-order chi connectivity index (χ1) is 8.65. The van der Waals surface area contributed by atoms with E-state index in [1.165, 1.54) is 12.1 Å². The van der Waals surface area contributed by atoms with Crippen molar-refractivity contribution in [2.45, 2.75) is 6.54 Å². The zero-order valence-corrected chi connectivity index (χ0v) is 11.5. The minimum atomic E-state index is -0.329. The number of nitrogens with one attached hydrogen (secondary N) is 2. The standard InChI is InChI=1S/C12H10IN3O2/c13-9-3-1-8(2-4-9)7-14-12(18)10-5-6-11(17)16-15-10/h1-6H,7H2,(H,14,18)(H,16,17). The number of carbonyl (C=O) groups excluding carboxylic acids is 1. The van der Waals surface area contributed by atoms with Crippen LogP contribution in [0.1, 0.15) is 16.1 Å². The van der Waals surface area contributed by atoms with E-state index in [0.717, 1.165) is 9.13 Å². The van der Waals surface area contributed by atoms with Crippen molar-refractivity contribution in [3.8, 4) is 0 Å². The monoisotopic (exact) mass is 355 g/mol. The molecule has 0 bridgehead atoms. The van der Waals surface area contributed by atoms with Gasteiger partial charge in [0.05, 0.1) is 0 Å². The molecule has 0 saturated carbocycles. The number of aromatic amines is 1. The van der Waals surface area contributed by atoms with Crippen molar-refractivity contribution in [2.24, 2.45) is 0 Å². The summed E-state index contributed by atoms with van der Waals surface area (Å²) >= 11 is 2.22. The molecule has 0 aliphatic carbocycles. The highest BCUT2D eigenvalue weighted by molar-refractivity contribution is 14.1. The van der Waals surface area contributed by atoms with Gasteiger partial charge in [-0.2, -0.15) is 5.10 Å². The Bertz CT molecular complexity index is 587. The van der Waals surface area contributed by atoms with Gasteiger partial charge >= 0.3 is 0 Å². The fourth-order valence-electron chi connectivity index (χ4n) is 1.35. The Hall–Kier alpha value is -1.70. The summed E-state index contributed by atoms with van der Waals surface area (Å²) in [5.41, 5.74) is 0.873. The van der Waals surface area contributed by atoms with Crippen LogP contribution in [-0.4, -0.2) is 16.1 Å². The van der Waals surface area contributed by atoms with Crippen LogP contribution in [0.2, 0.25) is 0 Å². The Morgan fingerprint density at radius 2 is 1.94 bits per heavy atom. The van der Waals surface area contributed by atoms with Gasteiger partial charge in [0.25, 0.3) is 11.5 Å². The number of amides is 1. The summed E-state index contributed by atoms with van der Waals surface area (Å²) < 4.78 is 1.14. The second-order valence-electron chi connectivity index (χ2n) is 3.62. The third kappa shape index (κ3) is 3.39. The van der Waals surface area contributed by atoms with E-state index in [0.29, 0.717) is 6.54 Å². The van der Waals surface area contributed by atoms with Crippen molar-refractivity contribution >= 4 is 28.5 Å². The summed E-state index contributed by atoms with van der Waals surface area (Å²) in [6.45, 7) is 0.427. The molecule has 1 amide bonds. The van der Waals surface area contributed by atoms with Gasteiger partial charge in [-0.1, -0.05) is 12.1 Å². The topological polar surface area (TPSA) is 74.8 Å². The number of carbonyl (C=O) groups is 1. The highest BCUT2D eigenvalue weighted by Crippen LogP contribution is 2.06. The predicted molar refractivity (Wildman–Crippen MR) is 75.2 cm³/mol. The van der Waals surface area contributed by atoms with Crippen LogP contribution in [0.4, 0.5) is 0 Å². The molecule has 5 nitrogen and oxygen atoms in total. The van der Waals surface area contributed by atoms with Gasteiger partial charge in [-0.3, -0.25) is 9.59 Å². The van der Waals surface area contributed by atoms with Crippen molar-refractivity contribution in [1.82, 2.24) is 15.5 Å². The molecule has 0 fully saturated rings. The van der Waals surface area contributed by atoms with Crippen LogP contribution in [-0.2, 0) is 6.54 Å². The molecule has 1 aromatic carbocycles. The van der Waals surface area contributed by atoms with E-state index in [1.807, 2.05) is 24.3 Å². The Kier molecular flexibility index (Phi) is 4.08. The van der Waals surface area contributed by atoms with Gasteiger partial charge in [0.2, 0.25) is 0 Å². The molecule has 0 unspecified atom stereocenters. The molecule has 0 atom stereocenters. The number of rotatable bonds is 3. The molecular formula is C12H10IN3O2. The van der Waals surface area contributed by atoms with Gasteiger partial charge in [0.15, 0.2) is 0 Å². The van der Waals surface area contributed by atoms with Crippen LogP contribution in [0.3, 0.4) is 0 Å². The Balaban J connectivity index is 1.98. The maximum absolute atomic E-state index is 11.7. The van der Waals surface area contributed by atoms with Crippen LogP contribution in [0.5, 0.6) is 0 Å². The summed E-state index contributed by atoms with van der Waals surface area (Å²) in [4.78, 5) is 22.5. The van der Waals surface area contributed by atoms with E-state index >= 15 is 0 Å². The summed E-state index contributed by atoms with van der Waals surface area (Å²) in [7, 11) is 0. The number of halogens is 1. The van der Waals surface area contributed by atoms with E-state index in [1.54, 1.807) is 0 Å². The fourth-order valence-corrected chi connectivity index (χ4v) is 1.71. The molecular weight excluding hydrogens is 345 g/mol. The van der Waals surface area contributed by atoms with E-state index in [-0.39, 0.29) is 17.2 Å². The first-order valence-corrected chi connectivity index (χ1v) is 6.31. The lowest BCUT2D eigenvalue weighted by Crippen LogP contribution is -2.25. The molecule has 18 heavy (non-hydrogen) atoms. The second kappa shape index (κ2) is 5.76. The molecule has 0 aliphatic heterocycles. The van der Waals surface area contributed by atoms with Crippen LogP contribution < -0.4 is 10.9 Å². The molecule has 6 heteroatoms. The smallest absolute Gasteiger partial charge is 0.271 e. The molecule has 2 N–H and O–H groups in total. The zero-order chi connectivity index (χ0) is 13.0. The van der Waals surface area contributed by atoms with Crippen LogP contribution in [0, 0.1) is 3.57 Å². The molecule has 0 aliphatic rings. The molecule has 2 aromatic rings. The van der Waals surface area contributed by atoms with E-state index in [4.69, 9.17) is 0 Å². The number of benzene rings is 1. The maximum Gasteiger partial charge on any atom is 0.271 e. The van der Waals surface area contributed by atoms with Gasteiger partial charge < -0.3 is 5.32 Å². The molecule has 1 aromatic heterocycles. The number of hydrogen-bond acceptors (Lipinski definition) is 3. The Morgan fingerprint density at radius 1 is 1.22 bits per heavy atom. The molecule has 0 saturated heterocycles. The third-order valence-electron chi connectivity index (χ3n) is 2.28. The molecule has 1 heterocycles. The highest BCUT2D eigenvalue weighted by Gasteiger charge is 2.06. The molecule has 0 radical (unpaired) electrons. The first kappa shape index (κ1) is 12.7. The third-order valence-corrected chi connectivity index (χ3v) is 3.00. The summed E-state index contributed by atoms with van der Waals surface area (Å²) in [5.74, 6) is -0.315. The van der Waals surface area contributed by atoms with Crippen molar-refractivity contribution in [3.05, 3.63) is 61.6 Å². The largest absolute Gasteiger partial charge is 0.347 e. The number of H-pyrrole nitrogens is 1. The van der Waals surface area contributed by atoms with Crippen molar-refractivity contribution in [1.29, 1.82) is 0 Å². The lowest BCUT2D eigenvalue weighted by Gasteiger charge is -2.04. The van der Waals surface area contributed by atoms with Crippen LogP contribution >= 0.6 is 22.6 Å².